The molecule has 0 aliphatic carbocycles. The molecule has 0 atom stereocenters. The van der Waals surface area contributed by atoms with Gasteiger partial charge in [-0.3, -0.25) is 4.79 Å². The van der Waals surface area contributed by atoms with Gasteiger partial charge in [0.2, 0.25) is 11.2 Å². The van der Waals surface area contributed by atoms with Crippen molar-refractivity contribution in [3.63, 3.8) is 0 Å². The van der Waals surface area contributed by atoms with Gasteiger partial charge in [0.15, 0.2) is 12.6 Å². The molecule has 3 rings (SSSR count). The number of aryl methyl sites for hydroxylation is 2. The van der Waals surface area contributed by atoms with Gasteiger partial charge in [0, 0.05) is 12.7 Å². The van der Waals surface area contributed by atoms with Gasteiger partial charge in [0.05, 0.1) is 12.5 Å². The maximum absolute atomic E-state index is 12.9. The maximum atomic E-state index is 12.9. The van der Waals surface area contributed by atoms with Crippen LogP contribution in [0.3, 0.4) is 0 Å². The van der Waals surface area contributed by atoms with Crippen LogP contribution >= 0.6 is 0 Å². The number of hydrogen-bond donors (Lipinski definition) is 0. The van der Waals surface area contributed by atoms with Gasteiger partial charge in [-0.25, -0.2) is 0 Å². The standard InChI is InChI=1S/C20H20O5/c1-12-9-16-17(10-13(12)2)25-19(20(18(16)21)24-11-22-3)14-5-7-15(23-4)8-6-14/h5-10H,11H2,1-4H3. The first kappa shape index (κ1) is 17.0. The first-order valence-corrected chi connectivity index (χ1v) is 7.89. The van der Waals surface area contributed by atoms with Crippen LogP contribution in [-0.4, -0.2) is 21.0 Å². The fourth-order valence-corrected chi connectivity index (χ4v) is 2.61. The first-order valence-electron chi connectivity index (χ1n) is 7.89. The molecule has 0 N–H and O–H groups in total. The van der Waals surface area contributed by atoms with E-state index in [0.29, 0.717) is 16.7 Å². The van der Waals surface area contributed by atoms with Gasteiger partial charge < -0.3 is 18.6 Å². The molecule has 0 amide bonds. The highest BCUT2D eigenvalue weighted by Crippen LogP contribution is 2.32. The molecule has 3 aromatic rings. The van der Waals surface area contributed by atoms with Crippen LogP contribution < -0.4 is 14.9 Å². The molecular weight excluding hydrogens is 320 g/mol. The Kier molecular flexibility index (Phi) is 4.76. The van der Waals surface area contributed by atoms with Crippen molar-refractivity contribution in [2.45, 2.75) is 13.8 Å². The SMILES string of the molecule is COCOc1c(-c2ccc(OC)cc2)oc2cc(C)c(C)cc2c1=O. The molecule has 0 unspecified atom stereocenters. The van der Waals surface area contributed by atoms with Crippen molar-refractivity contribution in [1.29, 1.82) is 0 Å². The second-order valence-electron chi connectivity index (χ2n) is 5.80. The van der Waals surface area contributed by atoms with Crippen molar-refractivity contribution in [3.05, 3.63) is 57.7 Å². The summed E-state index contributed by atoms with van der Waals surface area (Å²) >= 11 is 0. The van der Waals surface area contributed by atoms with Crippen molar-refractivity contribution in [3.8, 4) is 22.8 Å². The second-order valence-corrected chi connectivity index (χ2v) is 5.80. The molecule has 2 aromatic carbocycles. The Hall–Kier alpha value is -2.79. The lowest BCUT2D eigenvalue weighted by Gasteiger charge is -2.12. The van der Waals surface area contributed by atoms with Gasteiger partial charge in [0.1, 0.15) is 11.3 Å². The van der Waals surface area contributed by atoms with E-state index in [-0.39, 0.29) is 18.0 Å². The van der Waals surface area contributed by atoms with E-state index in [2.05, 4.69) is 0 Å². The number of rotatable bonds is 5. The molecule has 25 heavy (non-hydrogen) atoms. The Balaban J connectivity index is 2.26. The summed E-state index contributed by atoms with van der Waals surface area (Å²) in [5.74, 6) is 1.24. The number of benzene rings is 2. The molecule has 0 saturated carbocycles. The topological polar surface area (TPSA) is 57.9 Å². The highest BCUT2D eigenvalue weighted by molar-refractivity contribution is 5.83. The van der Waals surface area contributed by atoms with Crippen LogP contribution in [0, 0.1) is 13.8 Å². The number of fused-ring (bicyclic) bond motifs is 1. The third-order valence-corrected chi connectivity index (χ3v) is 4.14. The van der Waals surface area contributed by atoms with Gasteiger partial charge in [-0.2, -0.15) is 0 Å². The zero-order valence-electron chi connectivity index (χ0n) is 14.7. The summed E-state index contributed by atoms with van der Waals surface area (Å²) in [5.41, 5.74) is 3.12. The van der Waals surface area contributed by atoms with Crippen molar-refractivity contribution < 1.29 is 18.6 Å². The quantitative estimate of drug-likeness (QED) is 0.655. The summed E-state index contributed by atoms with van der Waals surface area (Å²) in [6, 6.07) is 11.0. The molecule has 0 fully saturated rings. The molecule has 130 valence electrons. The van der Waals surface area contributed by atoms with E-state index in [4.69, 9.17) is 18.6 Å². The third-order valence-electron chi connectivity index (χ3n) is 4.14. The minimum absolute atomic E-state index is 0.0374. The zero-order chi connectivity index (χ0) is 18.0. The normalized spacial score (nSPS) is 10.9. The Morgan fingerprint density at radius 1 is 1.00 bits per heavy atom. The molecule has 0 aliphatic rings. The highest BCUT2D eigenvalue weighted by atomic mass is 16.7. The molecule has 5 nitrogen and oxygen atoms in total. The van der Waals surface area contributed by atoms with E-state index in [1.54, 1.807) is 19.2 Å². The number of hydrogen-bond acceptors (Lipinski definition) is 5. The third kappa shape index (κ3) is 3.23. The summed E-state index contributed by atoms with van der Waals surface area (Å²) in [4.78, 5) is 12.9. The Bertz CT molecular complexity index is 954. The van der Waals surface area contributed by atoms with Crippen molar-refractivity contribution in [2.75, 3.05) is 21.0 Å². The van der Waals surface area contributed by atoms with Crippen LogP contribution in [-0.2, 0) is 4.74 Å². The highest BCUT2D eigenvalue weighted by Gasteiger charge is 2.18. The average molecular weight is 340 g/mol. The predicted molar refractivity (Wildman–Crippen MR) is 96.5 cm³/mol. The Morgan fingerprint density at radius 2 is 1.68 bits per heavy atom. The molecule has 1 heterocycles. The van der Waals surface area contributed by atoms with Gasteiger partial charge in [-0.15, -0.1) is 0 Å². The molecule has 1 aromatic heterocycles. The fourth-order valence-electron chi connectivity index (χ4n) is 2.61. The summed E-state index contributed by atoms with van der Waals surface area (Å²) < 4.78 is 21.7. The van der Waals surface area contributed by atoms with Crippen LogP contribution in [0.25, 0.3) is 22.3 Å². The lowest BCUT2D eigenvalue weighted by Crippen LogP contribution is -2.12. The molecule has 0 aliphatic heterocycles. The molecule has 5 heteroatoms. The van der Waals surface area contributed by atoms with E-state index in [0.717, 1.165) is 22.4 Å². The summed E-state index contributed by atoms with van der Waals surface area (Å²) in [7, 11) is 3.10. The van der Waals surface area contributed by atoms with Crippen LogP contribution in [0.2, 0.25) is 0 Å². The number of ether oxygens (including phenoxy) is 3. The lowest BCUT2D eigenvalue weighted by molar-refractivity contribution is 0.0498. The Labute approximate surface area is 145 Å². The molecular formula is C20H20O5. The molecule has 0 spiro atoms. The van der Waals surface area contributed by atoms with Crippen LogP contribution in [0.5, 0.6) is 11.5 Å². The minimum atomic E-state index is -0.216. The first-order chi connectivity index (χ1) is 12.0. The molecule has 0 saturated heterocycles. The Morgan fingerprint density at radius 3 is 2.32 bits per heavy atom. The monoisotopic (exact) mass is 340 g/mol. The van der Waals surface area contributed by atoms with E-state index in [1.807, 2.05) is 38.1 Å². The zero-order valence-corrected chi connectivity index (χ0v) is 14.7. The fraction of sp³-hybridized carbons (Fsp3) is 0.250. The minimum Gasteiger partial charge on any atom is -0.497 e. The van der Waals surface area contributed by atoms with Crippen molar-refractivity contribution in [1.82, 2.24) is 0 Å². The van der Waals surface area contributed by atoms with Crippen LogP contribution in [0.1, 0.15) is 11.1 Å². The van der Waals surface area contributed by atoms with Crippen molar-refractivity contribution in [2.24, 2.45) is 0 Å². The summed E-state index contributed by atoms with van der Waals surface area (Å²) in [6.45, 7) is 3.91. The van der Waals surface area contributed by atoms with E-state index in [9.17, 15) is 4.79 Å². The molecule has 0 bridgehead atoms. The summed E-state index contributed by atoms with van der Waals surface area (Å²) in [6.07, 6.45) is 0. The van der Waals surface area contributed by atoms with Crippen molar-refractivity contribution >= 4 is 11.0 Å². The predicted octanol–water partition coefficient (Wildman–Crippen LogP) is 4.07. The molecule has 0 radical (unpaired) electrons. The largest absolute Gasteiger partial charge is 0.497 e. The van der Waals surface area contributed by atoms with E-state index >= 15 is 0 Å². The average Bonchev–Trinajstić information content (AvgIpc) is 2.62. The summed E-state index contributed by atoms with van der Waals surface area (Å²) in [5, 5.41) is 0.492. The van der Waals surface area contributed by atoms with E-state index < -0.39 is 0 Å². The van der Waals surface area contributed by atoms with Gasteiger partial charge >= 0.3 is 0 Å². The maximum Gasteiger partial charge on any atom is 0.235 e. The van der Waals surface area contributed by atoms with Crippen LogP contribution in [0.4, 0.5) is 0 Å². The van der Waals surface area contributed by atoms with Crippen LogP contribution in [0.15, 0.2) is 45.6 Å². The second kappa shape index (κ2) is 6.99. The van der Waals surface area contributed by atoms with E-state index in [1.165, 1.54) is 7.11 Å². The smallest absolute Gasteiger partial charge is 0.235 e. The van der Waals surface area contributed by atoms with Gasteiger partial charge in [0.25, 0.3) is 0 Å². The number of methoxy groups -OCH3 is 2. The van der Waals surface area contributed by atoms with Gasteiger partial charge in [-0.1, -0.05) is 0 Å². The van der Waals surface area contributed by atoms with Gasteiger partial charge in [-0.05, 0) is 61.4 Å². The lowest BCUT2D eigenvalue weighted by atomic mass is 10.0.